The van der Waals surface area contributed by atoms with Gasteiger partial charge in [0.2, 0.25) is 5.91 Å². The number of carbonyl (C=O) groups excluding carboxylic acids is 1. The smallest absolute Gasteiger partial charge is 0.216 e. The van der Waals surface area contributed by atoms with Gasteiger partial charge in [-0.15, -0.1) is 0 Å². The third kappa shape index (κ3) is 6.09. The lowest BCUT2D eigenvalue weighted by atomic mass is 10.1. The maximum absolute atomic E-state index is 11.0. The molecule has 0 saturated heterocycles. The maximum Gasteiger partial charge on any atom is 0.216 e. The molecule has 5 heteroatoms. The summed E-state index contributed by atoms with van der Waals surface area (Å²) in [5, 5.41) is 2.86. The highest BCUT2D eigenvalue weighted by Crippen LogP contribution is 2.19. The number of carbonyl (C=O) groups is 1. The molecule has 0 fully saturated rings. The van der Waals surface area contributed by atoms with Crippen molar-refractivity contribution in [2.24, 2.45) is 0 Å². The number of nitrogens with one attached hydrogen (secondary N) is 1. The van der Waals surface area contributed by atoms with Gasteiger partial charge in [-0.3, -0.25) is 4.79 Å². The Morgan fingerprint density at radius 3 is 2.67 bits per heavy atom. The molecule has 0 spiro atoms. The number of imidazole rings is 1. The molecule has 1 aromatic heterocycles. The van der Waals surface area contributed by atoms with Crippen LogP contribution in [-0.4, -0.2) is 28.6 Å². The lowest BCUT2D eigenvalue weighted by molar-refractivity contribution is -0.118. The van der Waals surface area contributed by atoms with Crippen LogP contribution in [0.2, 0.25) is 0 Å². The zero-order chi connectivity index (χ0) is 21.3. The summed E-state index contributed by atoms with van der Waals surface area (Å²) < 4.78 is 8.31. The molecule has 1 heterocycles. The molecule has 3 aromatic rings. The number of aromatic nitrogens is 2. The number of fused-ring (bicyclic) bond motifs is 1. The Morgan fingerprint density at radius 1 is 1.03 bits per heavy atom. The van der Waals surface area contributed by atoms with Crippen molar-refractivity contribution in [2.45, 2.75) is 59.4 Å². The number of aryl methyl sites for hydroxylation is 4. The fourth-order valence-electron chi connectivity index (χ4n) is 3.63. The number of hydrogen-bond donors (Lipinski definition) is 1. The van der Waals surface area contributed by atoms with Crippen LogP contribution in [0.1, 0.15) is 49.6 Å². The van der Waals surface area contributed by atoms with E-state index in [0.717, 1.165) is 62.3 Å². The number of unbranched alkanes of at least 4 members (excludes halogenated alkanes) is 2. The van der Waals surface area contributed by atoms with Crippen molar-refractivity contribution >= 4 is 16.9 Å². The number of ether oxygens (including phenoxy) is 1. The van der Waals surface area contributed by atoms with Gasteiger partial charge in [0.05, 0.1) is 17.6 Å². The van der Waals surface area contributed by atoms with E-state index < -0.39 is 0 Å². The van der Waals surface area contributed by atoms with E-state index in [2.05, 4.69) is 54.1 Å². The molecule has 1 amide bonds. The summed E-state index contributed by atoms with van der Waals surface area (Å²) >= 11 is 0. The Labute approximate surface area is 179 Å². The average molecular weight is 408 g/mol. The quantitative estimate of drug-likeness (QED) is 0.457. The molecule has 30 heavy (non-hydrogen) atoms. The van der Waals surface area contributed by atoms with Crippen molar-refractivity contribution in [3.05, 3.63) is 59.4 Å². The van der Waals surface area contributed by atoms with Crippen LogP contribution in [0.15, 0.2) is 42.5 Å². The van der Waals surface area contributed by atoms with Gasteiger partial charge < -0.3 is 14.6 Å². The molecular weight excluding hydrogens is 374 g/mol. The van der Waals surface area contributed by atoms with Crippen molar-refractivity contribution in [2.75, 3.05) is 13.2 Å². The highest BCUT2D eigenvalue weighted by molar-refractivity contribution is 5.75. The average Bonchev–Trinajstić information content (AvgIpc) is 3.07. The highest BCUT2D eigenvalue weighted by atomic mass is 16.5. The maximum atomic E-state index is 11.0. The lowest BCUT2D eigenvalue weighted by Gasteiger charge is -2.11. The van der Waals surface area contributed by atoms with E-state index in [1.165, 1.54) is 16.6 Å². The Bertz CT molecular complexity index is 978. The van der Waals surface area contributed by atoms with Crippen LogP contribution in [0.3, 0.4) is 0 Å². The fraction of sp³-hybridized carbons (Fsp3) is 0.440. The van der Waals surface area contributed by atoms with Gasteiger partial charge in [-0.05, 0) is 68.5 Å². The molecule has 3 rings (SSSR count). The molecule has 0 unspecified atom stereocenters. The standard InChI is InChI=1S/C25H33N3O2/c1-19-13-14-22(18-20(19)2)30-17-9-16-28-24-11-7-6-10-23(24)27-25(28)12-5-4-8-15-26-21(3)29/h6-7,10-11,13-14,18H,4-5,8-9,12,15-17H2,1-3H3,(H,26,29). The topological polar surface area (TPSA) is 56.2 Å². The number of amides is 1. The summed E-state index contributed by atoms with van der Waals surface area (Å²) in [6.07, 6.45) is 5.04. The van der Waals surface area contributed by atoms with Crippen LogP contribution >= 0.6 is 0 Å². The van der Waals surface area contributed by atoms with E-state index >= 15 is 0 Å². The monoisotopic (exact) mass is 407 g/mol. The Kier molecular flexibility index (Phi) is 7.89. The largest absolute Gasteiger partial charge is 0.494 e. The van der Waals surface area contributed by atoms with Crippen LogP contribution in [-0.2, 0) is 17.8 Å². The van der Waals surface area contributed by atoms with E-state index in [9.17, 15) is 4.79 Å². The second kappa shape index (κ2) is 10.8. The van der Waals surface area contributed by atoms with Crippen molar-refractivity contribution in [3.63, 3.8) is 0 Å². The van der Waals surface area contributed by atoms with Gasteiger partial charge in [-0.25, -0.2) is 4.98 Å². The molecule has 0 saturated carbocycles. The van der Waals surface area contributed by atoms with Crippen LogP contribution in [0.25, 0.3) is 11.0 Å². The Hall–Kier alpha value is -2.82. The van der Waals surface area contributed by atoms with Crippen molar-refractivity contribution in [1.29, 1.82) is 0 Å². The van der Waals surface area contributed by atoms with E-state index in [-0.39, 0.29) is 5.91 Å². The third-order valence-corrected chi connectivity index (χ3v) is 5.46. The zero-order valence-corrected chi connectivity index (χ0v) is 18.4. The molecule has 0 aliphatic heterocycles. The van der Waals surface area contributed by atoms with Gasteiger partial charge in [0.15, 0.2) is 0 Å². The SMILES string of the molecule is CC(=O)NCCCCCc1nc2ccccc2n1CCCOc1ccc(C)c(C)c1. The summed E-state index contributed by atoms with van der Waals surface area (Å²) in [6, 6.07) is 14.6. The molecule has 160 valence electrons. The van der Waals surface area contributed by atoms with Crippen molar-refractivity contribution < 1.29 is 9.53 Å². The van der Waals surface area contributed by atoms with Crippen LogP contribution in [0, 0.1) is 13.8 Å². The molecular formula is C25H33N3O2. The highest BCUT2D eigenvalue weighted by Gasteiger charge is 2.10. The normalized spacial score (nSPS) is 11.0. The second-order valence-corrected chi connectivity index (χ2v) is 7.91. The van der Waals surface area contributed by atoms with Crippen LogP contribution in [0.4, 0.5) is 0 Å². The van der Waals surface area contributed by atoms with E-state index in [1.54, 1.807) is 6.92 Å². The Morgan fingerprint density at radius 2 is 1.87 bits per heavy atom. The van der Waals surface area contributed by atoms with E-state index in [4.69, 9.17) is 9.72 Å². The van der Waals surface area contributed by atoms with Gasteiger partial charge in [0, 0.05) is 26.4 Å². The molecule has 0 bridgehead atoms. The van der Waals surface area contributed by atoms with Crippen molar-refractivity contribution in [1.82, 2.24) is 14.9 Å². The molecule has 0 radical (unpaired) electrons. The van der Waals surface area contributed by atoms with Crippen LogP contribution < -0.4 is 10.1 Å². The van der Waals surface area contributed by atoms with Gasteiger partial charge in [0.25, 0.3) is 0 Å². The summed E-state index contributed by atoms with van der Waals surface area (Å²) in [4.78, 5) is 15.8. The number of hydrogen-bond acceptors (Lipinski definition) is 3. The summed E-state index contributed by atoms with van der Waals surface area (Å²) in [7, 11) is 0. The third-order valence-electron chi connectivity index (χ3n) is 5.46. The molecule has 5 nitrogen and oxygen atoms in total. The first-order valence-corrected chi connectivity index (χ1v) is 10.9. The Balaban J connectivity index is 1.54. The van der Waals surface area contributed by atoms with Gasteiger partial charge in [0.1, 0.15) is 11.6 Å². The molecule has 2 aromatic carbocycles. The summed E-state index contributed by atoms with van der Waals surface area (Å²) in [5.41, 5.74) is 4.79. The van der Waals surface area contributed by atoms with Gasteiger partial charge in [-0.1, -0.05) is 24.6 Å². The van der Waals surface area contributed by atoms with E-state index in [1.807, 2.05) is 12.1 Å². The van der Waals surface area contributed by atoms with E-state index in [0.29, 0.717) is 6.61 Å². The molecule has 0 atom stereocenters. The molecule has 0 aliphatic rings. The number of benzene rings is 2. The van der Waals surface area contributed by atoms with Gasteiger partial charge in [-0.2, -0.15) is 0 Å². The predicted octanol–water partition coefficient (Wildman–Crippen LogP) is 4.97. The first-order valence-electron chi connectivity index (χ1n) is 10.9. The lowest BCUT2D eigenvalue weighted by Crippen LogP contribution is -2.20. The first-order chi connectivity index (χ1) is 14.5. The number of nitrogens with zero attached hydrogens (tertiary/aromatic N) is 2. The number of para-hydroxylation sites is 2. The summed E-state index contributed by atoms with van der Waals surface area (Å²) in [5.74, 6) is 2.12. The summed E-state index contributed by atoms with van der Waals surface area (Å²) in [6.45, 7) is 8.12. The minimum atomic E-state index is 0.0415. The first kappa shape index (κ1) is 21.9. The predicted molar refractivity (Wildman–Crippen MR) is 122 cm³/mol. The molecule has 0 aliphatic carbocycles. The minimum Gasteiger partial charge on any atom is -0.494 e. The second-order valence-electron chi connectivity index (χ2n) is 7.91. The zero-order valence-electron chi connectivity index (χ0n) is 18.4. The van der Waals surface area contributed by atoms with Gasteiger partial charge >= 0.3 is 0 Å². The van der Waals surface area contributed by atoms with Crippen LogP contribution in [0.5, 0.6) is 5.75 Å². The number of rotatable bonds is 11. The van der Waals surface area contributed by atoms with Crippen molar-refractivity contribution in [3.8, 4) is 5.75 Å². The molecule has 1 N–H and O–H groups in total. The fourth-order valence-corrected chi connectivity index (χ4v) is 3.63. The minimum absolute atomic E-state index is 0.0415.